The van der Waals surface area contributed by atoms with Crippen LogP contribution in [0.15, 0.2) is 4.99 Å². The van der Waals surface area contributed by atoms with E-state index in [9.17, 15) is 22.8 Å². The molecule has 1 heterocycles. The monoisotopic (exact) mass is 393 g/mol. The molecule has 156 valence electrons. The van der Waals surface area contributed by atoms with E-state index < -0.39 is 18.6 Å². The summed E-state index contributed by atoms with van der Waals surface area (Å²) in [5, 5.41) is 5.99. The maximum atomic E-state index is 12.3. The predicted octanol–water partition coefficient (Wildman–Crippen LogP) is 1.35. The van der Waals surface area contributed by atoms with Gasteiger partial charge in [0.2, 0.25) is 11.8 Å². The van der Waals surface area contributed by atoms with Crippen molar-refractivity contribution in [1.82, 2.24) is 20.4 Å². The summed E-state index contributed by atoms with van der Waals surface area (Å²) in [6.45, 7) is 2.73. The molecule has 1 aliphatic rings. The SMILES string of the molecule is CCNC(=NCC(=O)N(C)CC(F)(F)F)NCCCN1CCCCCC1=O. The number of halogens is 3. The summed E-state index contributed by atoms with van der Waals surface area (Å²) in [5.74, 6) is -0.153. The second-order valence-corrected chi connectivity index (χ2v) is 6.53. The van der Waals surface area contributed by atoms with Crippen molar-refractivity contribution in [3.8, 4) is 0 Å². The average Bonchev–Trinajstić information content (AvgIpc) is 2.79. The lowest BCUT2D eigenvalue weighted by Gasteiger charge is -2.21. The molecule has 0 radical (unpaired) electrons. The molecule has 2 N–H and O–H groups in total. The Kier molecular flexibility index (Phi) is 9.95. The van der Waals surface area contributed by atoms with Crippen LogP contribution in [-0.4, -0.2) is 80.1 Å². The fourth-order valence-electron chi connectivity index (χ4n) is 2.72. The first-order valence-corrected chi connectivity index (χ1v) is 9.33. The van der Waals surface area contributed by atoms with Crippen LogP contribution in [0.25, 0.3) is 0 Å². The molecule has 0 aliphatic carbocycles. The highest BCUT2D eigenvalue weighted by Crippen LogP contribution is 2.15. The highest BCUT2D eigenvalue weighted by Gasteiger charge is 2.31. The maximum absolute atomic E-state index is 12.3. The first-order chi connectivity index (χ1) is 12.7. The lowest BCUT2D eigenvalue weighted by molar-refractivity contribution is -0.157. The van der Waals surface area contributed by atoms with E-state index in [1.54, 1.807) is 0 Å². The molecule has 0 aromatic carbocycles. The summed E-state index contributed by atoms with van der Waals surface area (Å²) in [4.78, 5) is 30.2. The van der Waals surface area contributed by atoms with Crippen molar-refractivity contribution >= 4 is 17.8 Å². The van der Waals surface area contributed by atoms with Gasteiger partial charge in [-0.05, 0) is 26.2 Å². The van der Waals surface area contributed by atoms with Crippen LogP contribution in [0.4, 0.5) is 13.2 Å². The number of rotatable bonds is 8. The Labute approximate surface area is 158 Å². The number of carbonyl (C=O) groups excluding carboxylic acids is 2. The minimum atomic E-state index is -4.43. The molecule has 0 saturated carbocycles. The molecule has 0 atom stereocenters. The Bertz CT molecular complexity index is 511. The summed E-state index contributed by atoms with van der Waals surface area (Å²) in [6, 6.07) is 0. The van der Waals surface area contributed by atoms with Crippen molar-refractivity contribution in [2.24, 2.45) is 4.99 Å². The van der Waals surface area contributed by atoms with Gasteiger partial charge in [0.15, 0.2) is 5.96 Å². The van der Waals surface area contributed by atoms with Gasteiger partial charge in [-0.25, -0.2) is 4.99 Å². The average molecular weight is 393 g/mol. The molecule has 1 fully saturated rings. The third-order valence-electron chi connectivity index (χ3n) is 4.13. The number of likely N-dealkylation sites (tertiary alicyclic amines) is 1. The van der Waals surface area contributed by atoms with Crippen molar-refractivity contribution in [3.05, 3.63) is 0 Å². The Hall–Kier alpha value is -2.00. The number of hydrogen-bond donors (Lipinski definition) is 2. The van der Waals surface area contributed by atoms with E-state index in [-0.39, 0.29) is 12.5 Å². The largest absolute Gasteiger partial charge is 0.406 e. The first-order valence-electron chi connectivity index (χ1n) is 9.33. The van der Waals surface area contributed by atoms with Crippen LogP contribution in [0.5, 0.6) is 0 Å². The van der Waals surface area contributed by atoms with E-state index >= 15 is 0 Å². The van der Waals surface area contributed by atoms with Gasteiger partial charge in [0, 0.05) is 39.6 Å². The molecule has 0 bridgehead atoms. The number of amides is 2. The number of nitrogens with one attached hydrogen (secondary N) is 2. The fraction of sp³-hybridized carbons (Fsp3) is 0.824. The zero-order chi connectivity index (χ0) is 20.3. The zero-order valence-corrected chi connectivity index (χ0v) is 16.1. The number of likely N-dealkylation sites (N-methyl/N-ethyl adjacent to an activating group) is 1. The van der Waals surface area contributed by atoms with Crippen molar-refractivity contribution in [3.63, 3.8) is 0 Å². The minimum Gasteiger partial charge on any atom is -0.357 e. The van der Waals surface area contributed by atoms with Gasteiger partial charge in [-0.1, -0.05) is 6.42 Å². The van der Waals surface area contributed by atoms with Gasteiger partial charge >= 0.3 is 6.18 Å². The Morgan fingerprint density at radius 2 is 2.00 bits per heavy atom. The van der Waals surface area contributed by atoms with Crippen LogP contribution in [0.3, 0.4) is 0 Å². The fourth-order valence-corrected chi connectivity index (χ4v) is 2.72. The van der Waals surface area contributed by atoms with Crippen LogP contribution in [0.1, 0.15) is 39.0 Å². The first kappa shape index (κ1) is 23.0. The zero-order valence-electron chi connectivity index (χ0n) is 16.1. The number of guanidine groups is 1. The Morgan fingerprint density at radius 1 is 1.26 bits per heavy atom. The van der Waals surface area contributed by atoms with Gasteiger partial charge in [0.05, 0.1) is 0 Å². The highest BCUT2D eigenvalue weighted by molar-refractivity contribution is 5.84. The van der Waals surface area contributed by atoms with Crippen LogP contribution < -0.4 is 10.6 Å². The molecule has 0 aromatic heterocycles. The second kappa shape index (κ2) is 11.7. The summed E-state index contributed by atoms with van der Waals surface area (Å²) in [7, 11) is 1.10. The lowest BCUT2D eigenvalue weighted by atomic mass is 10.2. The predicted molar refractivity (Wildman–Crippen MR) is 97.3 cm³/mol. The molecule has 2 amide bonds. The smallest absolute Gasteiger partial charge is 0.357 e. The van der Waals surface area contributed by atoms with Crippen molar-refractivity contribution in [1.29, 1.82) is 0 Å². The Balaban J connectivity index is 2.40. The van der Waals surface area contributed by atoms with Crippen LogP contribution >= 0.6 is 0 Å². The van der Waals surface area contributed by atoms with Crippen LogP contribution in [0, 0.1) is 0 Å². The molecule has 1 aliphatic heterocycles. The second-order valence-electron chi connectivity index (χ2n) is 6.53. The van der Waals surface area contributed by atoms with Gasteiger partial charge in [0.1, 0.15) is 13.1 Å². The molecular weight excluding hydrogens is 363 g/mol. The normalized spacial score (nSPS) is 16.1. The van der Waals surface area contributed by atoms with E-state index in [0.29, 0.717) is 36.9 Å². The van der Waals surface area contributed by atoms with Crippen molar-refractivity contribution in [2.45, 2.75) is 45.2 Å². The summed E-state index contributed by atoms with van der Waals surface area (Å²) >= 11 is 0. The number of nitrogens with zero attached hydrogens (tertiary/aromatic N) is 3. The van der Waals surface area contributed by atoms with E-state index in [0.717, 1.165) is 39.3 Å². The van der Waals surface area contributed by atoms with E-state index in [1.165, 1.54) is 0 Å². The van der Waals surface area contributed by atoms with Crippen LogP contribution in [-0.2, 0) is 9.59 Å². The number of aliphatic imine (C=N–C) groups is 1. The third kappa shape index (κ3) is 10.0. The van der Waals surface area contributed by atoms with Gasteiger partial charge in [-0.2, -0.15) is 13.2 Å². The highest BCUT2D eigenvalue weighted by atomic mass is 19.4. The van der Waals surface area contributed by atoms with E-state index in [2.05, 4.69) is 15.6 Å². The molecule has 7 nitrogen and oxygen atoms in total. The number of carbonyl (C=O) groups is 2. The standard InChI is InChI=1S/C17H30F3N5O2/c1-3-21-16(23-12-15(27)24(2)13-17(18,19)20)22-9-7-11-25-10-6-4-5-8-14(25)26/h3-13H2,1-2H3,(H2,21,22,23). The molecule has 0 unspecified atom stereocenters. The molecule has 10 heteroatoms. The minimum absolute atomic E-state index is 0.186. The Morgan fingerprint density at radius 3 is 2.67 bits per heavy atom. The summed E-state index contributed by atoms with van der Waals surface area (Å²) in [5.41, 5.74) is 0. The van der Waals surface area contributed by atoms with Gasteiger partial charge in [0.25, 0.3) is 0 Å². The molecule has 27 heavy (non-hydrogen) atoms. The molecule has 0 aromatic rings. The molecular formula is C17H30F3N5O2. The van der Waals surface area contributed by atoms with Crippen LogP contribution in [0.2, 0.25) is 0 Å². The molecule has 1 saturated heterocycles. The van der Waals surface area contributed by atoms with E-state index in [1.807, 2.05) is 11.8 Å². The van der Waals surface area contributed by atoms with Gasteiger partial charge in [-0.15, -0.1) is 0 Å². The quantitative estimate of drug-likeness (QED) is 0.371. The topological polar surface area (TPSA) is 77.0 Å². The number of alkyl halides is 3. The molecule has 1 rings (SSSR count). The van der Waals surface area contributed by atoms with Gasteiger partial charge in [-0.3, -0.25) is 9.59 Å². The van der Waals surface area contributed by atoms with Crippen molar-refractivity contribution in [2.75, 3.05) is 46.3 Å². The molecule has 0 spiro atoms. The van der Waals surface area contributed by atoms with Crippen molar-refractivity contribution < 1.29 is 22.8 Å². The van der Waals surface area contributed by atoms with E-state index in [4.69, 9.17) is 0 Å². The maximum Gasteiger partial charge on any atom is 0.406 e. The number of hydrogen-bond acceptors (Lipinski definition) is 3. The lowest BCUT2D eigenvalue weighted by Crippen LogP contribution is -2.41. The third-order valence-corrected chi connectivity index (χ3v) is 4.13. The summed E-state index contributed by atoms with van der Waals surface area (Å²) < 4.78 is 36.9. The van der Waals surface area contributed by atoms with Gasteiger partial charge < -0.3 is 20.4 Å². The summed E-state index contributed by atoms with van der Waals surface area (Å²) in [6.07, 6.45) is -0.0578.